The van der Waals surface area contributed by atoms with Gasteiger partial charge in [0.25, 0.3) is 11.9 Å². The summed E-state index contributed by atoms with van der Waals surface area (Å²) in [5.74, 6) is -3.97. The Morgan fingerprint density at radius 3 is 2.12 bits per heavy atom. The maximum absolute atomic E-state index is 13.8. The van der Waals surface area contributed by atoms with Crippen LogP contribution in [0.5, 0.6) is 5.88 Å². The Hall–Kier alpha value is -5.20. The summed E-state index contributed by atoms with van der Waals surface area (Å²) >= 11 is 0. The molecule has 5 heterocycles. The number of halogens is 4. The highest BCUT2D eigenvalue weighted by atomic mass is 19.3. The smallest absolute Gasteiger partial charge is 0.256 e. The highest BCUT2D eigenvalue weighted by Gasteiger charge is 2.39. The van der Waals surface area contributed by atoms with Crippen LogP contribution in [0.4, 0.5) is 29.2 Å². The molecule has 0 bridgehead atoms. The second-order valence-electron chi connectivity index (χ2n) is 13.5. The first-order valence-corrected chi connectivity index (χ1v) is 17.1. The van der Waals surface area contributed by atoms with E-state index in [2.05, 4.69) is 51.0 Å². The zero-order valence-corrected chi connectivity index (χ0v) is 28.9. The van der Waals surface area contributed by atoms with Crippen molar-refractivity contribution in [1.29, 1.82) is 0 Å². The molecule has 2 saturated carbocycles. The lowest BCUT2D eigenvalue weighted by molar-refractivity contribution is -0.0361. The number of alkyl halides is 4. The van der Waals surface area contributed by atoms with Crippen LogP contribution >= 0.6 is 0 Å². The molecule has 52 heavy (non-hydrogen) atoms. The SMILES string of the molecule is Cc1cc(C)n(-c2nc(NC3CCC(F)(F)CC3)cc(OCc3cnn(Cc4cc(C)nn4-c4nc(CO)cc(NC5CCC(F)(F)C5)n4)n3)n2)n1. The predicted octanol–water partition coefficient (Wildman–Crippen LogP) is 4.86. The first-order valence-electron chi connectivity index (χ1n) is 17.1. The number of aliphatic hydroxyl groups is 1. The van der Waals surface area contributed by atoms with Gasteiger partial charge in [-0.05, 0) is 52.2 Å². The number of nitrogens with zero attached hydrogens (tertiary/aromatic N) is 11. The average Bonchev–Trinajstić information content (AvgIpc) is 3.87. The maximum Gasteiger partial charge on any atom is 0.256 e. The van der Waals surface area contributed by atoms with Crippen LogP contribution in [0.15, 0.2) is 30.5 Å². The molecule has 2 aliphatic carbocycles. The van der Waals surface area contributed by atoms with E-state index in [0.29, 0.717) is 53.7 Å². The standard InChI is InChI=1S/C33H39F4N13O2/c1-19-10-21(3)49(45-19)31-43-28(39-22-4-7-32(34,35)8-5-22)13-29(44-31)52-18-25-15-38-48(47-25)16-26-11-20(2)46-50(26)30-41-24(17-51)12-27(42-30)40-23-6-9-33(36,37)14-23/h10-13,15,22-23,51H,4-9,14,16-18H2,1-3H3,(H,39,43,44)(H,40,41,42). The third-order valence-corrected chi connectivity index (χ3v) is 8.99. The van der Waals surface area contributed by atoms with E-state index in [1.165, 1.54) is 15.5 Å². The normalized spacial score (nSPS) is 18.5. The molecule has 0 amide bonds. The molecule has 0 aromatic carbocycles. The summed E-state index contributed by atoms with van der Waals surface area (Å²) in [6.45, 7) is 5.35. The molecule has 3 N–H and O–H groups in total. The van der Waals surface area contributed by atoms with Crippen LogP contribution in [-0.2, 0) is 19.8 Å². The molecule has 1 unspecified atom stereocenters. The number of hydrogen-bond donors (Lipinski definition) is 3. The van der Waals surface area contributed by atoms with Gasteiger partial charge in [-0.2, -0.15) is 40.1 Å². The fourth-order valence-corrected chi connectivity index (χ4v) is 6.50. The van der Waals surface area contributed by atoms with Crippen molar-refractivity contribution in [3.63, 3.8) is 0 Å². The van der Waals surface area contributed by atoms with E-state index >= 15 is 0 Å². The van der Waals surface area contributed by atoms with Gasteiger partial charge in [-0.25, -0.2) is 31.9 Å². The van der Waals surface area contributed by atoms with Gasteiger partial charge in [0.1, 0.15) is 30.5 Å². The largest absolute Gasteiger partial charge is 0.471 e. The number of ether oxygens (including phenoxy) is 1. The van der Waals surface area contributed by atoms with E-state index in [1.54, 1.807) is 23.9 Å². The number of rotatable bonds is 12. The number of anilines is 2. The van der Waals surface area contributed by atoms with Gasteiger partial charge in [-0.15, -0.1) is 0 Å². The number of aryl methyl sites for hydroxylation is 3. The van der Waals surface area contributed by atoms with Crippen molar-refractivity contribution in [3.05, 3.63) is 64.6 Å². The molecule has 0 radical (unpaired) electrons. The summed E-state index contributed by atoms with van der Waals surface area (Å²) in [6, 6.07) is 6.24. The van der Waals surface area contributed by atoms with Crippen LogP contribution in [0.1, 0.15) is 79.1 Å². The summed E-state index contributed by atoms with van der Waals surface area (Å²) in [5.41, 5.74) is 3.70. The van der Waals surface area contributed by atoms with Crippen LogP contribution < -0.4 is 15.4 Å². The molecule has 276 valence electrons. The van der Waals surface area contributed by atoms with Gasteiger partial charge in [-0.3, -0.25) is 0 Å². The topological polar surface area (TPSA) is 171 Å². The minimum atomic E-state index is -2.73. The Morgan fingerprint density at radius 2 is 1.42 bits per heavy atom. The summed E-state index contributed by atoms with van der Waals surface area (Å²) in [7, 11) is 0. The Bertz CT molecular complexity index is 2040. The molecule has 5 aromatic heterocycles. The van der Waals surface area contributed by atoms with Gasteiger partial charge in [0, 0.05) is 55.6 Å². The predicted molar refractivity (Wildman–Crippen MR) is 179 cm³/mol. The van der Waals surface area contributed by atoms with Crippen LogP contribution in [0, 0.1) is 20.8 Å². The first kappa shape index (κ1) is 35.2. The summed E-state index contributed by atoms with van der Waals surface area (Å²) < 4.78 is 64.3. The van der Waals surface area contributed by atoms with E-state index in [4.69, 9.17) is 4.74 Å². The molecule has 7 rings (SSSR count). The Morgan fingerprint density at radius 1 is 0.769 bits per heavy atom. The van der Waals surface area contributed by atoms with Crippen molar-refractivity contribution in [2.45, 2.75) is 109 Å². The molecular formula is C33H39F4N13O2. The fourth-order valence-electron chi connectivity index (χ4n) is 6.50. The van der Waals surface area contributed by atoms with Crippen LogP contribution in [0.2, 0.25) is 0 Å². The van der Waals surface area contributed by atoms with Crippen molar-refractivity contribution < 1.29 is 27.4 Å². The second kappa shape index (κ2) is 14.1. The van der Waals surface area contributed by atoms with E-state index in [1.807, 2.05) is 26.0 Å². The zero-order valence-electron chi connectivity index (χ0n) is 28.9. The maximum atomic E-state index is 13.8. The van der Waals surface area contributed by atoms with Crippen molar-refractivity contribution in [2.24, 2.45) is 0 Å². The van der Waals surface area contributed by atoms with Gasteiger partial charge in [-0.1, -0.05) is 0 Å². The minimum absolute atomic E-state index is 0.0118. The monoisotopic (exact) mass is 725 g/mol. The number of aliphatic hydroxyl groups excluding tert-OH is 1. The van der Waals surface area contributed by atoms with E-state index in [9.17, 15) is 22.7 Å². The lowest BCUT2D eigenvalue weighted by Gasteiger charge is -2.29. The number of nitrogens with one attached hydrogen (secondary N) is 2. The van der Waals surface area contributed by atoms with Gasteiger partial charge in [0.2, 0.25) is 17.7 Å². The molecular weight excluding hydrogens is 686 g/mol. The quantitative estimate of drug-likeness (QED) is 0.149. The molecule has 5 aromatic rings. The van der Waals surface area contributed by atoms with Crippen molar-refractivity contribution in [3.8, 4) is 17.8 Å². The van der Waals surface area contributed by atoms with E-state index in [-0.39, 0.29) is 69.3 Å². The average molecular weight is 726 g/mol. The Labute approximate surface area is 295 Å². The third-order valence-electron chi connectivity index (χ3n) is 8.99. The summed E-state index contributed by atoms with van der Waals surface area (Å²) in [6.07, 6.45) is 1.60. The van der Waals surface area contributed by atoms with Crippen LogP contribution in [0.3, 0.4) is 0 Å². The lowest BCUT2D eigenvalue weighted by atomic mass is 9.92. The summed E-state index contributed by atoms with van der Waals surface area (Å²) in [5, 5.41) is 34.2. The second-order valence-corrected chi connectivity index (χ2v) is 13.5. The molecule has 19 heteroatoms. The molecule has 1 atom stereocenters. The van der Waals surface area contributed by atoms with Crippen molar-refractivity contribution >= 4 is 11.6 Å². The fraction of sp³-hybridized carbons (Fsp3) is 0.515. The molecule has 0 saturated heterocycles. The number of aromatic nitrogens is 11. The lowest BCUT2D eigenvalue weighted by Crippen LogP contribution is -2.32. The molecule has 0 aliphatic heterocycles. The van der Waals surface area contributed by atoms with Crippen LogP contribution in [-0.4, -0.2) is 83.5 Å². The third kappa shape index (κ3) is 8.29. The van der Waals surface area contributed by atoms with E-state index < -0.39 is 17.9 Å². The Balaban J connectivity index is 1.06. The zero-order chi connectivity index (χ0) is 36.6. The first-order chi connectivity index (χ1) is 24.8. The van der Waals surface area contributed by atoms with Gasteiger partial charge in [0.15, 0.2) is 0 Å². The van der Waals surface area contributed by atoms with E-state index in [0.717, 1.165) is 11.4 Å². The highest BCUT2D eigenvalue weighted by Crippen LogP contribution is 2.36. The van der Waals surface area contributed by atoms with Crippen LogP contribution in [0.25, 0.3) is 11.9 Å². The van der Waals surface area contributed by atoms with Gasteiger partial charge >= 0.3 is 0 Å². The number of hydrogen-bond acceptors (Lipinski definition) is 12. The molecule has 2 aliphatic rings. The molecule has 2 fully saturated rings. The van der Waals surface area contributed by atoms with Gasteiger partial charge in [0.05, 0.1) is 35.6 Å². The summed E-state index contributed by atoms with van der Waals surface area (Å²) in [4.78, 5) is 19.6. The highest BCUT2D eigenvalue weighted by molar-refractivity contribution is 5.43. The molecule has 0 spiro atoms. The Kier molecular flexibility index (Phi) is 9.53. The van der Waals surface area contributed by atoms with Gasteiger partial charge < -0.3 is 20.5 Å². The van der Waals surface area contributed by atoms with Crippen molar-refractivity contribution in [2.75, 3.05) is 10.6 Å². The molecule has 15 nitrogen and oxygen atoms in total. The minimum Gasteiger partial charge on any atom is -0.471 e. The van der Waals surface area contributed by atoms with Crippen molar-refractivity contribution in [1.82, 2.24) is 54.5 Å².